The third kappa shape index (κ3) is 3.19. The van der Waals surface area contributed by atoms with Crippen LogP contribution in [-0.4, -0.2) is 43.2 Å². The molecule has 0 aromatic rings. The number of ether oxygens (including phenoxy) is 1. The van der Waals surface area contributed by atoms with Crippen LogP contribution in [0.1, 0.15) is 40.0 Å². The van der Waals surface area contributed by atoms with E-state index >= 15 is 0 Å². The quantitative estimate of drug-likeness (QED) is 0.716. The molecule has 4 heteroatoms. The van der Waals surface area contributed by atoms with E-state index in [1.54, 1.807) is 0 Å². The summed E-state index contributed by atoms with van der Waals surface area (Å²) in [4.78, 5) is 14.4. The molecule has 0 heterocycles. The number of nitrogens with zero attached hydrogens (tertiary/aromatic N) is 1. The van der Waals surface area contributed by atoms with Crippen LogP contribution in [0, 0.1) is 5.41 Å². The van der Waals surface area contributed by atoms with Gasteiger partial charge in [0.25, 0.3) is 0 Å². The molecule has 2 atom stereocenters. The molecule has 0 aromatic heterocycles. The third-order valence-corrected chi connectivity index (χ3v) is 3.90. The fourth-order valence-corrected chi connectivity index (χ4v) is 2.54. The fraction of sp³-hybridized carbons (Fsp3) is 0.923. The van der Waals surface area contributed by atoms with Crippen molar-refractivity contribution >= 4 is 5.91 Å². The predicted molar refractivity (Wildman–Crippen MR) is 68.7 cm³/mol. The first-order valence-electron chi connectivity index (χ1n) is 6.69. The van der Waals surface area contributed by atoms with Crippen molar-refractivity contribution in [1.82, 2.24) is 4.90 Å². The molecule has 0 radical (unpaired) electrons. The van der Waals surface area contributed by atoms with Gasteiger partial charge in [0.05, 0.1) is 12.0 Å². The minimum absolute atomic E-state index is 0.0103. The Labute approximate surface area is 104 Å². The Balaban J connectivity index is 2.59. The molecule has 2 unspecified atom stereocenters. The van der Waals surface area contributed by atoms with Gasteiger partial charge in [0.2, 0.25) is 5.91 Å². The van der Waals surface area contributed by atoms with E-state index in [-0.39, 0.29) is 17.4 Å². The fourth-order valence-electron chi connectivity index (χ4n) is 2.54. The Hall–Kier alpha value is -0.610. The molecule has 0 bridgehead atoms. The number of nitrogens with two attached hydrogens (primary N) is 1. The predicted octanol–water partition coefficient (Wildman–Crippen LogP) is 1.39. The average molecular weight is 242 g/mol. The number of rotatable bonds is 6. The molecule has 1 amide bonds. The Bertz CT molecular complexity index is 258. The average Bonchev–Trinajstić information content (AvgIpc) is 2.66. The van der Waals surface area contributed by atoms with Crippen molar-refractivity contribution in [2.75, 3.05) is 26.3 Å². The first-order chi connectivity index (χ1) is 8.06. The normalized spacial score (nSPS) is 28.4. The zero-order chi connectivity index (χ0) is 12.9. The third-order valence-electron chi connectivity index (χ3n) is 3.90. The lowest BCUT2D eigenvalue weighted by atomic mass is 9.83. The molecule has 1 saturated carbocycles. The molecule has 0 spiro atoms. The van der Waals surface area contributed by atoms with E-state index < -0.39 is 0 Å². The Morgan fingerprint density at radius 1 is 1.53 bits per heavy atom. The van der Waals surface area contributed by atoms with Crippen LogP contribution in [0.25, 0.3) is 0 Å². The summed E-state index contributed by atoms with van der Waals surface area (Å²) in [6.45, 7) is 8.69. The lowest BCUT2D eigenvalue weighted by Gasteiger charge is -2.34. The summed E-state index contributed by atoms with van der Waals surface area (Å²) in [5.41, 5.74) is 5.72. The van der Waals surface area contributed by atoms with Crippen molar-refractivity contribution < 1.29 is 9.53 Å². The van der Waals surface area contributed by atoms with Crippen molar-refractivity contribution in [1.29, 1.82) is 0 Å². The van der Waals surface area contributed by atoms with Gasteiger partial charge in [-0.1, -0.05) is 6.42 Å². The standard InChI is InChI=1S/C13H26N2O2/c1-4-15(9-10-17-5-2)12(16)13(3)8-6-7-11(13)14/h11H,4-10,14H2,1-3H3. The number of carbonyl (C=O) groups excluding carboxylic acids is 1. The molecule has 1 rings (SSSR count). The van der Waals surface area contributed by atoms with Crippen LogP contribution in [0.2, 0.25) is 0 Å². The van der Waals surface area contributed by atoms with Crippen molar-refractivity contribution in [3.63, 3.8) is 0 Å². The number of amides is 1. The van der Waals surface area contributed by atoms with Crippen LogP contribution in [0.3, 0.4) is 0 Å². The van der Waals surface area contributed by atoms with Crippen LogP contribution in [0.4, 0.5) is 0 Å². The number of hydrogen-bond donors (Lipinski definition) is 1. The molecular weight excluding hydrogens is 216 g/mol. The van der Waals surface area contributed by atoms with Gasteiger partial charge in [-0.2, -0.15) is 0 Å². The summed E-state index contributed by atoms with van der Waals surface area (Å²) in [7, 11) is 0. The summed E-state index contributed by atoms with van der Waals surface area (Å²) >= 11 is 0. The summed E-state index contributed by atoms with van der Waals surface area (Å²) in [6.07, 6.45) is 2.94. The van der Waals surface area contributed by atoms with Gasteiger partial charge in [-0.3, -0.25) is 4.79 Å². The topological polar surface area (TPSA) is 55.6 Å². The summed E-state index contributed by atoms with van der Waals surface area (Å²) < 4.78 is 5.31. The van der Waals surface area contributed by atoms with Gasteiger partial charge < -0.3 is 15.4 Å². The Morgan fingerprint density at radius 3 is 2.71 bits per heavy atom. The maximum Gasteiger partial charge on any atom is 0.230 e. The minimum Gasteiger partial charge on any atom is -0.380 e. The van der Waals surface area contributed by atoms with Crippen LogP contribution >= 0.6 is 0 Å². The lowest BCUT2D eigenvalue weighted by Crippen LogP contribution is -2.50. The highest BCUT2D eigenvalue weighted by Crippen LogP contribution is 2.38. The smallest absolute Gasteiger partial charge is 0.230 e. The highest BCUT2D eigenvalue weighted by Gasteiger charge is 2.44. The van der Waals surface area contributed by atoms with Crippen molar-refractivity contribution in [3.8, 4) is 0 Å². The second-order valence-electron chi connectivity index (χ2n) is 5.00. The lowest BCUT2D eigenvalue weighted by molar-refractivity contribution is -0.142. The molecule has 0 aromatic carbocycles. The number of carbonyl (C=O) groups is 1. The van der Waals surface area contributed by atoms with Gasteiger partial charge in [-0.05, 0) is 33.6 Å². The van der Waals surface area contributed by atoms with Gasteiger partial charge in [0.15, 0.2) is 0 Å². The maximum atomic E-state index is 12.5. The molecule has 1 aliphatic carbocycles. The Kier molecular flexibility index (Phi) is 5.40. The number of likely N-dealkylation sites (N-methyl/N-ethyl adjacent to an activating group) is 1. The molecule has 0 saturated heterocycles. The highest BCUT2D eigenvalue weighted by atomic mass is 16.5. The van der Waals surface area contributed by atoms with Crippen LogP contribution in [-0.2, 0) is 9.53 Å². The summed E-state index contributed by atoms with van der Waals surface area (Å²) in [5.74, 6) is 0.199. The van der Waals surface area contributed by atoms with Gasteiger partial charge in [-0.15, -0.1) is 0 Å². The molecule has 100 valence electrons. The monoisotopic (exact) mass is 242 g/mol. The van der Waals surface area contributed by atoms with E-state index in [0.717, 1.165) is 25.8 Å². The van der Waals surface area contributed by atoms with E-state index in [1.165, 1.54) is 0 Å². The Morgan fingerprint density at radius 2 is 2.24 bits per heavy atom. The van der Waals surface area contributed by atoms with E-state index in [4.69, 9.17) is 10.5 Å². The molecule has 1 aliphatic rings. The van der Waals surface area contributed by atoms with E-state index in [1.807, 2.05) is 25.7 Å². The van der Waals surface area contributed by atoms with Gasteiger partial charge in [0, 0.05) is 25.7 Å². The second kappa shape index (κ2) is 6.36. The van der Waals surface area contributed by atoms with Crippen molar-refractivity contribution in [2.45, 2.75) is 46.1 Å². The second-order valence-corrected chi connectivity index (χ2v) is 5.00. The van der Waals surface area contributed by atoms with Gasteiger partial charge >= 0.3 is 0 Å². The van der Waals surface area contributed by atoms with Crippen LogP contribution in [0.5, 0.6) is 0 Å². The zero-order valence-corrected chi connectivity index (χ0v) is 11.4. The zero-order valence-electron chi connectivity index (χ0n) is 11.4. The molecule has 1 fully saturated rings. The molecule has 17 heavy (non-hydrogen) atoms. The van der Waals surface area contributed by atoms with Crippen LogP contribution < -0.4 is 5.73 Å². The van der Waals surface area contributed by atoms with Gasteiger partial charge in [0.1, 0.15) is 0 Å². The number of hydrogen-bond acceptors (Lipinski definition) is 3. The van der Waals surface area contributed by atoms with Gasteiger partial charge in [-0.25, -0.2) is 0 Å². The van der Waals surface area contributed by atoms with E-state index in [9.17, 15) is 4.79 Å². The van der Waals surface area contributed by atoms with E-state index in [0.29, 0.717) is 19.8 Å². The first kappa shape index (κ1) is 14.5. The van der Waals surface area contributed by atoms with Crippen LogP contribution in [0.15, 0.2) is 0 Å². The van der Waals surface area contributed by atoms with Crippen molar-refractivity contribution in [2.24, 2.45) is 11.1 Å². The molecule has 4 nitrogen and oxygen atoms in total. The molecule has 2 N–H and O–H groups in total. The molecular formula is C13H26N2O2. The van der Waals surface area contributed by atoms with E-state index in [2.05, 4.69) is 0 Å². The summed E-state index contributed by atoms with van der Waals surface area (Å²) in [6, 6.07) is 0.0103. The highest BCUT2D eigenvalue weighted by molar-refractivity contribution is 5.83. The minimum atomic E-state index is -0.359. The largest absolute Gasteiger partial charge is 0.380 e. The van der Waals surface area contributed by atoms with Crippen molar-refractivity contribution in [3.05, 3.63) is 0 Å². The maximum absolute atomic E-state index is 12.5. The summed E-state index contributed by atoms with van der Waals surface area (Å²) in [5, 5.41) is 0. The SMILES string of the molecule is CCOCCN(CC)C(=O)C1(C)CCCC1N. The first-order valence-corrected chi connectivity index (χ1v) is 6.69. The molecule has 0 aliphatic heterocycles.